The van der Waals surface area contributed by atoms with Crippen molar-refractivity contribution in [2.24, 2.45) is 5.92 Å². The van der Waals surface area contributed by atoms with Crippen molar-refractivity contribution in [3.63, 3.8) is 0 Å². The molecule has 3 rings (SSSR count). The lowest BCUT2D eigenvalue weighted by atomic mass is 9.99. The number of ether oxygens (including phenoxy) is 1. The molecule has 0 aliphatic carbocycles. The van der Waals surface area contributed by atoms with Gasteiger partial charge in [0.25, 0.3) is 0 Å². The monoisotopic (exact) mass is 306 g/mol. The third-order valence-corrected chi connectivity index (χ3v) is 4.94. The number of aryl methyl sites for hydroxylation is 1. The van der Waals surface area contributed by atoms with Crippen LogP contribution in [0.4, 0.5) is 0 Å². The zero-order chi connectivity index (χ0) is 15.4. The molecular weight excluding hydrogens is 280 g/mol. The summed E-state index contributed by atoms with van der Waals surface area (Å²) in [5, 5.41) is 0. The Morgan fingerprint density at radius 1 is 1.32 bits per heavy atom. The summed E-state index contributed by atoms with van der Waals surface area (Å²) in [5.74, 6) is 0.859. The number of rotatable bonds is 5. The second-order valence-electron chi connectivity index (χ2n) is 6.23. The van der Waals surface area contributed by atoms with E-state index < -0.39 is 0 Å². The van der Waals surface area contributed by atoms with Crippen molar-refractivity contribution in [3.05, 3.63) is 18.7 Å². The molecule has 2 fully saturated rings. The van der Waals surface area contributed by atoms with Crippen molar-refractivity contribution in [1.82, 2.24) is 19.4 Å². The lowest BCUT2D eigenvalue weighted by Gasteiger charge is -2.34. The van der Waals surface area contributed by atoms with Crippen molar-refractivity contribution in [3.8, 4) is 0 Å². The normalized spacial score (nSPS) is 26.5. The third-order valence-electron chi connectivity index (χ3n) is 4.94. The molecule has 2 aliphatic rings. The first-order valence-corrected chi connectivity index (χ1v) is 8.33. The van der Waals surface area contributed by atoms with Crippen LogP contribution in [-0.4, -0.2) is 70.7 Å². The Kier molecular flexibility index (Phi) is 5.10. The molecule has 0 aromatic carbocycles. The molecule has 3 heterocycles. The molecule has 1 aromatic heterocycles. The molecule has 2 atom stereocenters. The molecule has 0 radical (unpaired) electrons. The summed E-state index contributed by atoms with van der Waals surface area (Å²) in [5.41, 5.74) is 0. The number of nitrogens with zero attached hydrogens (tertiary/aromatic N) is 4. The number of hydrogen-bond donors (Lipinski definition) is 0. The van der Waals surface area contributed by atoms with Gasteiger partial charge in [-0.25, -0.2) is 4.98 Å². The van der Waals surface area contributed by atoms with E-state index in [0.717, 1.165) is 45.8 Å². The van der Waals surface area contributed by atoms with Gasteiger partial charge < -0.3 is 14.2 Å². The van der Waals surface area contributed by atoms with Crippen molar-refractivity contribution in [2.45, 2.75) is 32.4 Å². The van der Waals surface area contributed by atoms with Gasteiger partial charge in [-0.3, -0.25) is 9.69 Å². The van der Waals surface area contributed by atoms with Crippen LogP contribution < -0.4 is 0 Å². The van der Waals surface area contributed by atoms with Gasteiger partial charge in [0.05, 0.1) is 19.5 Å². The molecule has 122 valence electrons. The number of morpholine rings is 1. The SMILES string of the molecule is CC[C@H]1CN(C(=O)CCn2ccnc2)C[C@H]1N1CCOCC1. The minimum absolute atomic E-state index is 0.267. The quantitative estimate of drug-likeness (QED) is 0.809. The Balaban J connectivity index is 1.54. The van der Waals surface area contributed by atoms with Crippen LogP contribution in [0.3, 0.4) is 0 Å². The lowest BCUT2D eigenvalue weighted by Crippen LogP contribution is -2.47. The standard InChI is InChI=1S/C16H26N4O2/c1-2-14-11-20(12-15(14)19-7-9-22-10-8-19)16(21)3-5-18-6-4-17-13-18/h4,6,13-15H,2-3,5,7-12H2,1H3/t14-,15+/m0/s1. The third kappa shape index (κ3) is 3.50. The summed E-state index contributed by atoms with van der Waals surface area (Å²) in [6.07, 6.45) is 7.11. The fourth-order valence-electron chi connectivity index (χ4n) is 3.58. The Bertz CT molecular complexity index is 471. The van der Waals surface area contributed by atoms with E-state index in [1.165, 1.54) is 0 Å². The van der Waals surface area contributed by atoms with E-state index in [1.807, 2.05) is 10.8 Å². The molecule has 0 spiro atoms. The van der Waals surface area contributed by atoms with Gasteiger partial charge in [0.1, 0.15) is 0 Å². The maximum Gasteiger partial charge on any atom is 0.224 e. The molecule has 6 heteroatoms. The topological polar surface area (TPSA) is 50.6 Å². The maximum atomic E-state index is 12.5. The van der Waals surface area contributed by atoms with Crippen molar-refractivity contribution in [1.29, 1.82) is 0 Å². The zero-order valence-corrected chi connectivity index (χ0v) is 13.4. The molecule has 22 heavy (non-hydrogen) atoms. The molecule has 2 aliphatic heterocycles. The van der Waals surface area contributed by atoms with Gasteiger partial charge in [0.2, 0.25) is 5.91 Å². The van der Waals surface area contributed by atoms with Gasteiger partial charge in [-0.2, -0.15) is 0 Å². The molecule has 1 aromatic rings. The van der Waals surface area contributed by atoms with Crippen LogP contribution in [0.2, 0.25) is 0 Å². The first-order chi connectivity index (χ1) is 10.8. The average Bonchev–Trinajstić information content (AvgIpc) is 3.22. The van der Waals surface area contributed by atoms with Crippen molar-refractivity contribution < 1.29 is 9.53 Å². The van der Waals surface area contributed by atoms with E-state index in [4.69, 9.17) is 4.74 Å². The highest BCUT2D eigenvalue weighted by Gasteiger charge is 2.37. The second kappa shape index (κ2) is 7.24. The fraction of sp³-hybridized carbons (Fsp3) is 0.750. The molecule has 2 saturated heterocycles. The minimum atomic E-state index is 0.267. The highest BCUT2D eigenvalue weighted by atomic mass is 16.5. The van der Waals surface area contributed by atoms with Crippen LogP contribution in [0.1, 0.15) is 19.8 Å². The van der Waals surface area contributed by atoms with Gasteiger partial charge in [-0.15, -0.1) is 0 Å². The summed E-state index contributed by atoms with van der Waals surface area (Å²) >= 11 is 0. The second-order valence-corrected chi connectivity index (χ2v) is 6.23. The zero-order valence-electron chi connectivity index (χ0n) is 13.4. The molecular formula is C16H26N4O2. The Labute approximate surface area is 132 Å². The van der Waals surface area contributed by atoms with Gasteiger partial charge in [-0.05, 0) is 5.92 Å². The number of amides is 1. The smallest absolute Gasteiger partial charge is 0.224 e. The summed E-state index contributed by atoms with van der Waals surface area (Å²) in [6, 6.07) is 0.506. The molecule has 0 bridgehead atoms. The highest BCUT2D eigenvalue weighted by Crippen LogP contribution is 2.26. The summed E-state index contributed by atoms with van der Waals surface area (Å²) in [6.45, 7) is 8.37. The maximum absolute atomic E-state index is 12.5. The number of hydrogen-bond acceptors (Lipinski definition) is 4. The first-order valence-electron chi connectivity index (χ1n) is 8.33. The van der Waals surface area contributed by atoms with Gasteiger partial charge in [0, 0.05) is 57.6 Å². The molecule has 0 N–H and O–H groups in total. The Morgan fingerprint density at radius 3 is 2.82 bits per heavy atom. The van der Waals surface area contributed by atoms with Crippen molar-refractivity contribution >= 4 is 5.91 Å². The summed E-state index contributed by atoms with van der Waals surface area (Å²) in [7, 11) is 0. The Morgan fingerprint density at radius 2 is 2.14 bits per heavy atom. The van der Waals surface area contributed by atoms with Crippen LogP contribution in [0.15, 0.2) is 18.7 Å². The Hall–Kier alpha value is -1.40. The summed E-state index contributed by atoms with van der Waals surface area (Å²) in [4.78, 5) is 21.1. The predicted octanol–water partition coefficient (Wildman–Crippen LogP) is 0.842. The van der Waals surface area contributed by atoms with Crippen LogP contribution in [0, 0.1) is 5.92 Å². The molecule has 1 amide bonds. The molecule has 0 unspecified atom stereocenters. The number of carbonyl (C=O) groups excluding carboxylic acids is 1. The number of carbonyl (C=O) groups is 1. The van der Waals surface area contributed by atoms with Crippen molar-refractivity contribution in [2.75, 3.05) is 39.4 Å². The van der Waals surface area contributed by atoms with E-state index in [0.29, 0.717) is 24.9 Å². The van der Waals surface area contributed by atoms with Gasteiger partial charge in [-0.1, -0.05) is 13.3 Å². The largest absolute Gasteiger partial charge is 0.379 e. The van der Waals surface area contributed by atoms with Crippen LogP contribution in [0.5, 0.6) is 0 Å². The van der Waals surface area contributed by atoms with E-state index in [9.17, 15) is 4.79 Å². The van der Waals surface area contributed by atoms with Gasteiger partial charge >= 0.3 is 0 Å². The van der Waals surface area contributed by atoms with Crippen LogP contribution in [0.25, 0.3) is 0 Å². The van der Waals surface area contributed by atoms with E-state index in [-0.39, 0.29) is 5.91 Å². The number of aromatic nitrogens is 2. The predicted molar refractivity (Wildman–Crippen MR) is 83.4 cm³/mol. The number of imidazole rings is 1. The molecule has 6 nitrogen and oxygen atoms in total. The van der Waals surface area contributed by atoms with E-state index in [1.54, 1.807) is 12.5 Å². The minimum Gasteiger partial charge on any atom is -0.379 e. The number of likely N-dealkylation sites (tertiary alicyclic amines) is 1. The van der Waals surface area contributed by atoms with Crippen LogP contribution >= 0.6 is 0 Å². The lowest BCUT2D eigenvalue weighted by molar-refractivity contribution is -0.130. The fourth-order valence-corrected chi connectivity index (χ4v) is 3.58. The van der Waals surface area contributed by atoms with E-state index in [2.05, 4.69) is 21.7 Å². The highest BCUT2D eigenvalue weighted by molar-refractivity contribution is 5.76. The van der Waals surface area contributed by atoms with Crippen LogP contribution in [-0.2, 0) is 16.1 Å². The summed E-state index contributed by atoms with van der Waals surface area (Å²) < 4.78 is 7.41. The first kappa shape index (κ1) is 15.5. The van der Waals surface area contributed by atoms with E-state index >= 15 is 0 Å². The average molecular weight is 306 g/mol. The van der Waals surface area contributed by atoms with Gasteiger partial charge in [0.15, 0.2) is 0 Å². The molecule has 0 saturated carbocycles.